The van der Waals surface area contributed by atoms with Crippen LogP contribution in [0.15, 0.2) is 42.6 Å². The Labute approximate surface area is 195 Å². The monoisotopic (exact) mass is 470 g/mol. The van der Waals surface area contributed by atoms with E-state index in [4.69, 9.17) is 9.72 Å². The van der Waals surface area contributed by atoms with Gasteiger partial charge < -0.3 is 23.9 Å². The average molecular weight is 471 g/mol. The maximum absolute atomic E-state index is 11.9. The maximum atomic E-state index is 11.9. The van der Waals surface area contributed by atoms with Gasteiger partial charge in [0.25, 0.3) is 0 Å². The second-order valence-electron chi connectivity index (χ2n) is 8.99. The van der Waals surface area contributed by atoms with Gasteiger partial charge in [-0.2, -0.15) is 0 Å². The van der Waals surface area contributed by atoms with E-state index in [0.717, 1.165) is 60.5 Å². The fourth-order valence-electron chi connectivity index (χ4n) is 4.86. The van der Waals surface area contributed by atoms with Crippen molar-refractivity contribution >= 4 is 27.1 Å². The number of aromatic nitrogens is 2. The van der Waals surface area contributed by atoms with Gasteiger partial charge in [0.15, 0.2) is 0 Å². The van der Waals surface area contributed by atoms with Crippen LogP contribution in [0.3, 0.4) is 0 Å². The fourth-order valence-corrected chi connectivity index (χ4v) is 5.74. The first-order chi connectivity index (χ1) is 15.9. The van der Waals surface area contributed by atoms with E-state index >= 15 is 0 Å². The van der Waals surface area contributed by atoms with Gasteiger partial charge in [-0.3, -0.25) is 0 Å². The molecule has 0 spiro atoms. The van der Waals surface area contributed by atoms with Crippen LogP contribution in [0.1, 0.15) is 12.8 Å². The minimum Gasteiger partial charge on any atom is -0.598 e. The van der Waals surface area contributed by atoms with Gasteiger partial charge in [-0.15, -0.1) is 4.31 Å². The van der Waals surface area contributed by atoms with Crippen LogP contribution in [0.25, 0.3) is 22.2 Å². The number of nitrogens with zero attached hydrogens (tertiary/aromatic N) is 4. The topological polar surface area (TPSA) is 93.9 Å². The molecule has 2 fully saturated rings. The molecule has 33 heavy (non-hydrogen) atoms. The highest BCUT2D eigenvalue weighted by Crippen LogP contribution is 2.33. The number of fused-ring (bicyclic) bond motifs is 1. The Morgan fingerprint density at radius 1 is 1.15 bits per heavy atom. The third-order valence-corrected chi connectivity index (χ3v) is 8.00. The Morgan fingerprint density at radius 2 is 1.91 bits per heavy atom. The van der Waals surface area contributed by atoms with Crippen molar-refractivity contribution in [3.05, 3.63) is 42.6 Å². The maximum Gasteiger partial charge on any atom is 0.138 e. The highest BCUT2D eigenvalue weighted by molar-refractivity contribution is 7.94. The van der Waals surface area contributed by atoms with Gasteiger partial charge in [0.1, 0.15) is 28.2 Å². The third kappa shape index (κ3) is 4.77. The summed E-state index contributed by atoms with van der Waals surface area (Å²) in [5.41, 5.74) is 2.81. The molecular weight excluding hydrogens is 440 g/mol. The van der Waals surface area contributed by atoms with Crippen LogP contribution in [0.5, 0.6) is 5.75 Å². The molecule has 2 saturated heterocycles. The number of piperidine rings is 1. The predicted molar refractivity (Wildman–Crippen MR) is 129 cm³/mol. The van der Waals surface area contributed by atoms with Crippen LogP contribution in [0.4, 0.5) is 5.82 Å². The number of benzene rings is 1. The molecule has 1 aromatic carbocycles. The Bertz CT molecular complexity index is 1180. The molecule has 8 nitrogen and oxygen atoms in total. The molecule has 0 saturated carbocycles. The largest absolute Gasteiger partial charge is 0.598 e. The first-order valence-electron chi connectivity index (χ1n) is 11.5. The number of aromatic hydroxyl groups is 1. The van der Waals surface area contributed by atoms with Crippen molar-refractivity contribution in [1.82, 2.24) is 13.9 Å². The van der Waals surface area contributed by atoms with Crippen LogP contribution >= 0.6 is 0 Å². The summed E-state index contributed by atoms with van der Waals surface area (Å²) in [6.07, 6.45) is 5.11. The van der Waals surface area contributed by atoms with Crippen LogP contribution in [-0.2, 0) is 25.9 Å². The Kier molecular flexibility index (Phi) is 6.13. The summed E-state index contributed by atoms with van der Waals surface area (Å²) in [6, 6.07) is 11.4. The second kappa shape index (κ2) is 9.06. The molecule has 2 aliphatic rings. The number of phenolic OH excluding ortho intramolecular Hbond substituents is 1. The number of morpholine rings is 1. The van der Waals surface area contributed by atoms with Crippen LogP contribution < -0.4 is 4.90 Å². The lowest BCUT2D eigenvalue weighted by Crippen LogP contribution is -2.41. The molecule has 0 aliphatic carbocycles. The van der Waals surface area contributed by atoms with E-state index < -0.39 is 10.4 Å². The molecule has 1 atom stereocenters. The summed E-state index contributed by atoms with van der Waals surface area (Å²) < 4.78 is 33.1. The number of hydrogen-bond acceptors (Lipinski definition) is 6. The standard InChI is InChI=1S/C24H30N4O4S/c1-33(30,31)28-9-5-18(6-10-28)17-27-8-7-21-23(27)16-22(19-3-2-4-20(29)15-19)25-24(21)26-11-13-32-14-12-26/h2-4,7-8,15-16,18H,5-6,9-14,17H2,1H3,(H-,29,30,31). The number of anilines is 1. The zero-order chi connectivity index (χ0) is 23.0. The first-order valence-corrected chi connectivity index (χ1v) is 13.3. The van der Waals surface area contributed by atoms with Crippen molar-refractivity contribution in [3.8, 4) is 17.0 Å². The van der Waals surface area contributed by atoms with Crippen LogP contribution in [0, 0.1) is 5.92 Å². The van der Waals surface area contributed by atoms with Gasteiger partial charge >= 0.3 is 0 Å². The van der Waals surface area contributed by atoms with E-state index in [0.29, 0.717) is 32.2 Å². The Balaban J connectivity index is 1.49. The minimum atomic E-state index is -3.12. The first kappa shape index (κ1) is 22.3. The van der Waals surface area contributed by atoms with E-state index in [2.05, 4.69) is 27.8 Å². The molecule has 176 valence electrons. The third-order valence-electron chi connectivity index (χ3n) is 6.70. The van der Waals surface area contributed by atoms with E-state index in [-0.39, 0.29) is 5.75 Å². The van der Waals surface area contributed by atoms with Crippen molar-refractivity contribution in [2.24, 2.45) is 5.92 Å². The quantitative estimate of drug-likeness (QED) is 0.576. The summed E-state index contributed by atoms with van der Waals surface area (Å²) in [4.78, 5) is 7.28. The van der Waals surface area contributed by atoms with Gasteiger partial charge in [-0.25, -0.2) is 4.98 Å². The van der Waals surface area contributed by atoms with E-state index in [1.54, 1.807) is 16.4 Å². The molecule has 0 radical (unpaired) electrons. The number of phenols is 1. The number of pyridine rings is 1. The summed E-state index contributed by atoms with van der Waals surface area (Å²) in [5, 5.41) is 11.1. The summed E-state index contributed by atoms with van der Waals surface area (Å²) in [5.74, 6) is 1.58. The molecule has 4 heterocycles. The van der Waals surface area contributed by atoms with Crippen molar-refractivity contribution in [1.29, 1.82) is 0 Å². The number of ether oxygens (including phenoxy) is 1. The molecule has 2 aliphatic heterocycles. The number of hydrogen-bond donors (Lipinski definition) is 1. The lowest BCUT2D eigenvalue weighted by Gasteiger charge is -2.32. The molecule has 1 unspecified atom stereocenters. The van der Waals surface area contributed by atoms with Gasteiger partial charge in [-0.1, -0.05) is 16.3 Å². The smallest absolute Gasteiger partial charge is 0.138 e. The molecule has 1 N–H and O–H groups in total. The zero-order valence-electron chi connectivity index (χ0n) is 18.9. The van der Waals surface area contributed by atoms with Crippen LogP contribution in [0.2, 0.25) is 0 Å². The predicted octanol–water partition coefficient (Wildman–Crippen LogP) is 3.13. The molecule has 9 heteroatoms. The zero-order valence-corrected chi connectivity index (χ0v) is 19.7. The molecule has 0 amide bonds. The van der Waals surface area contributed by atoms with Gasteiger partial charge in [-0.05, 0) is 43.0 Å². The summed E-state index contributed by atoms with van der Waals surface area (Å²) in [6.45, 7) is 4.95. The number of rotatable bonds is 5. The summed E-state index contributed by atoms with van der Waals surface area (Å²) >= 11 is 0. The van der Waals surface area contributed by atoms with Crippen LogP contribution in [-0.4, -0.2) is 69.2 Å². The van der Waals surface area contributed by atoms with Crippen molar-refractivity contribution < 1.29 is 18.6 Å². The molecule has 3 aromatic rings. The lowest BCUT2D eigenvalue weighted by molar-refractivity contribution is 0.122. The van der Waals surface area contributed by atoms with Gasteiger partial charge in [0.05, 0.1) is 24.4 Å². The van der Waals surface area contributed by atoms with Crippen molar-refractivity contribution in [3.63, 3.8) is 0 Å². The average Bonchev–Trinajstić information content (AvgIpc) is 3.21. The highest BCUT2D eigenvalue weighted by Gasteiger charge is 2.29. The van der Waals surface area contributed by atoms with E-state index in [1.807, 2.05) is 12.1 Å². The Morgan fingerprint density at radius 3 is 2.61 bits per heavy atom. The molecule has 2 aromatic heterocycles. The molecule has 0 bridgehead atoms. The SMILES string of the molecule is C[S+](=O)([O-])N1CCC(Cn2ccc3c(N4CCOCC4)nc(-c4cccc(O)c4)cc32)CC1. The number of sulfonamides is 1. The van der Waals surface area contributed by atoms with Crippen molar-refractivity contribution in [2.45, 2.75) is 19.4 Å². The highest BCUT2D eigenvalue weighted by atomic mass is 32.3. The van der Waals surface area contributed by atoms with Crippen molar-refractivity contribution in [2.75, 3.05) is 50.5 Å². The molecule has 5 rings (SSSR count). The Hall–Kier alpha value is -2.46. The van der Waals surface area contributed by atoms with E-state index in [1.165, 1.54) is 6.26 Å². The lowest BCUT2D eigenvalue weighted by atomic mass is 9.98. The fraction of sp³-hybridized carbons (Fsp3) is 0.458. The van der Waals surface area contributed by atoms with E-state index in [9.17, 15) is 13.9 Å². The molecular formula is C24H30N4O4S. The minimum absolute atomic E-state index is 0.218. The second-order valence-corrected chi connectivity index (χ2v) is 11.0. The van der Waals surface area contributed by atoms with Gasteiger partial charge in [0, 0.05) is 49.9 Å². The summed E-state index contributed by atoms with van der Waals surface area (Å²) in [7, 11) is -3.12. The normalized spacial score (nSPS) is 20.2. The van der Waals surface area contributed by atoms with Gasteiger partial charge in [0.2, 0.25) is 0 Å².